The third kappa shape index (κ3) is 2.11. The molecule has 1 aliphatic heterocycles. The van der Waals surface area contributed by atoms with Gasteiger partial charge in [-0.2, -0.15) is 0 Å². The van der Waals surface area contributed by atoms with Crippen LogP contribution in [0.25, 0.3) is 0 Å². The van der Waals surface area contributed by atoms with Crippen molar-refractivity contribution in [3.63, 3.8) is 0 Å². The Bertz CT molecular complexity index is 468. The number of aromatic carboxylic acids is 1. The lowest BCUT2D eigenvalue weighted by Gasteiger charge is -2.13. The van der Waals surface area contributed by atoms with Crippen molar-refractivity contribution >= 4 is 22.4 Å². The van der Waals surface area contributed by atoms with Crippen LogP contribution in [0, 0.1) is 5.92 Å². The van der Waals surface area contributed by atoms with Gasteiger partial charge in [-0.1, -0.05) is 24.7 Å². The van der Waals surface area contributed by atoms with Crippen LogP contribution in [0.4, 0.5) is 5.13 Å². The zero-order chi connectivity index (χ0) is 12.7. The summed E-state index contributed by atoms with van der Waals surface area (Å²) in [5.41, 5.74) is 0.836. The normalized spacial score (nSPS) is 23.6. The second-order valence-corrected chi connectivity index (χ2v) is 6.28. The highest BCUT2D eigenvalue weighted by Crippen LogP contribution is 2.44. The molecule has 0 aromatic carbocycles. The fraction of sp³-hybridized carbons (Fsp3) is 0.692. The molecule has 1 aromatic heterocycles. The summed E-state index contributed by atoms with van der Waals surface area (Å²) in [6.07, 6.45) is 4.60. The molecule has 1 aromatic rings. The Morgan fingerprint density at radius 3 is 2.83 bits per heavy atom. The summed E-state index contributed by atoms with van der Waals surface area (Å²) in [5.74, 6) is 0.337. The number of rotatable bonds is 4. The van der Waals surface area contributed by atoms with Gasteiger partial charge in [0.05, 0.1) is 5.69 Å². The van der Waals surface area contributed by atoms with Crippen molar-refractivity contribution in [1.29, 1.82) is 0 Å². The van der Waals surface area contributed by atoms with Gasteiger partial charge >= 0.3 is 5.97 Å². The third-order valence-corrected chi connectivity index (χ3v) is 5.05. The average molecular weight is 266 g/mol. The van der Waals surface area contributed by atoms with Gasteiger partial charge < -0.3 is 10.0 Å². The SMILES string of the molecule is CCC1CCN(c2nc(C3CC3)c(C(=O)O)s2)C1. The Labute approximate surface area is 111 Å². The monoisotopic (exact) mass is 266 g/mol. The van der Waals surface area contributed by atoms with Crippen LogP contribution in [0.15, 0.2) is 0 Å². The Balaban J connectivity index is 1.84. The van der Waals surface area contributed by atoms with Gasteiger partial charge in [-0.15, -0.1) is 0 Å². The first-order valence-corrected chi connectivity index (χ1v) is 7.49. The Morgan fingerprint density at radius 1 is 1.50 bits per heavy atom. The maximum Gasteiger partial charge on any atom is 0.347 e. The van der Waals surface area contributed by atoms with Crippen LogP contribution in [0.5, 0.6) is 0 Å². The molecule has 98 valence electrons. The van der Waals surface area contributed by atoms with Crippen molar-refractivity contribution in [2.45, 2.75) is 38.5 Å². The Kier molecular flexibility index (Phi) is 3.01. The van der Waals surface area contributed by atoms with Gasteiger partial charge in [0.25, 0.3) is 0 Å². The highest BCUT2D eigenvalue weighted by molar-refractivity contribution is 7.17. The van der Waals surface area contributed by atoms with Crippen LogP contribution >= 0.6 is 11.3 Å². The van der Waals surface area contributed by atoms with E-state index in [1.165, 1.54) is 24.2 Å². The van der Waals surface area contributed by atoms with E-state index in [9.17, 15) is 9.90 Å². The highest BCUT2D eigenvalue weighted by Gasteiger charge is 2.34. The zero-order valence-corrected chi connectivity index (χ0v) is 11.4. The number of nitrogens with zero attached hydrogens (tertiary/aromatic N) is 2. The van der Waals surface area contributed by atoms with Crippen molar-refractivity contribution < 1.29 is 9.90 Å². The lowest BCUT2D eigenvalue weighted by atomic mass is 10.1. The maximum absolute atomic E-state index is 11.3. The average Bonchev–Trinajstić information content (AvgIpc) is 2.94. The molecule has 0 amide bonds. The molecule has 2 fully saturated rings. The van der Waals surface area contributed by atoms with Gasteiger partial charge in [0.15, 0.2) is 5.13 Å². The van der Waals surface area contributed by atoms with Crippen LogP contribution in [0.3, 0.4) is 0 Å². The number of carbonyl (C=O) groups is 1. The molecule has 1 saturated carbocycles. The van der Waals surface area contributed by atoms with E-state index in [0.717, 1.165) is 42.7 Å². The van der Waals surface area contributed by atoms with Crippen molar-refractivity contribution in [3.8, 4) is 0 Å². The number of aromatic nitrogens is 1. The number of carboxylic acid groups (broad SMARTS) is 1. The van der Waals surface area contributed by atoms with Gasteiger partial charge in [-0.05, 0) is 25.2 Å². The molecule has 0 bridgehead atoms. The molecule has 5 heteroatoms. The van der Waals surface area contributed by atoms with E-state index >= 15 is 0 Å². The van der Waals surface area contributed by atoms with Crippen molar-refractivity contribution in [3.05, 3.63) is 10.6 Å². The van der Waals surface area contributed by atoms with Crippen LogP contribution in [0.2, 0.25) is 0 Å². The second kappa shape index (κ2) is 4.53. The highest BCUT2D eigenvalue weighted by atomic mass is 32.1. The molecule has 1 unspecified atom stereocenters. The molecule has 1 aliphatic carbocycles. The van der Waals surface area contributed by atoms with Gasteiger partial charge in [-0.25, -0.2) is 9.78 Å². The Morgan fingerprint density at radius 2 is 2.28 bits per heavy atom. The van der Waals surface area contributed by atoms with Gasteiger partial charge in [0.2, 0.25) is 0 Å². The molecular formula is C13H18N2O2S. The molecule has 0 radical (unpaired) electrons. The summed E-state index contributed by atoms with van der Waals surface area (Å²) in [5, 5.41) is 10.2. The summed E-state index contributed by atoms with van der Waals surface area (Å²) in [4.78, 5) is 18.6. The Hall–Kier alpha value is -1.10. The van der Waals surface area contributed by atoms with Gasteiger partial charge in [0.1, 0.15) is 4.88 Å². The molecule has 2 aliphatic rings. The van der Waals surface area contributed by atoms with E-state index in [2.05, 4.69) is 16.8 Å². The smallest absolute Gasteiger partial charge is 0.347 e. The zero-order valence-electron chi connectivity index (χ0n) is 10.6. The third-order valence-electron chi connectivity index (χ3n) is 3.93. The lowest BCUT2D eigenvalue weighted by molar-refractivity contribution is 0.0700. The molecule has 1 N–H and O–H groups in total. The van der Waals surface area contributed by atoms with Crippen molar-refractivity contribution in [2.24, 2.45) is 5.92 Å². The number of anilines is 1. The van der Waals surface area contributed by atoms with E-state index in [1.54, 1.807) is 0 Å². The summed E-state index contributed by atoms with van der Waals surface area (Å²) in [6.45, 7) is 4.27. The van der Waals surface area contributed by atoms with Gasteiger partial charge in [-0.3, -0.25) is 0 Å². The minimum atomic E-state index is -0.813. The van der Waals surface area contributed by atoms with Crippen molar-refractivity contribution in [1.82, 2.24) is 4.98 Å². The minimum absolute atomic E-state index is 0.408. The van der Waals surface area contributed by atoms with Crippen LogP contribution in [-0.2, 0) is 0 Å². The van der Waals surface area contributed by atoms with Crippen LogP contribution in [0.1, 0.15) is 53.9 Å². The number of hydrogen-bond donors (Lipinski definition) is 1. The fourth-order valence-corrected chi connectivity index (χ4v) is 3.61. The molecule has 18 heavy (non-hydrogen) atoms. The van der Waals surface area contributed by atoms with Gasteiger partial charge in [0, 0.05) is 19.0 Å². The molecule has 0 spiro atoms. The number of carboxylic acids is 1. The first kappa shape index (κ1) is 12.0. The van der Waals surface area contributed by atoms with E-state index in [4.69, 9.17) is 0 Å². The standard InChI is InChI=1S/C13H18N2O2S/c1-2-8-5-6-15(7-8)13-14-10(9-3-4-9)11(18-13)12(16)17/h8-9H,2-7H2,1H3,(H,16,17). The fourth-order valence-electron chi connectivity index (χ4n) is 2.58. The summed E-state index contributed by atoms with van der Waals surface area (Å²) in [6, 6.07) is 0. The number of hydrogen-bond acceptors (Lipinski definition) is 4. The summed E-state index contributed by atoms with van der Waals surface area (Å²) in [7, 11) is 0. The summed E-state index contributed by atoms with van der Waals surface area (Å²) < 4.78 is 0. The van der Waals surface area contributed by atoms with E-state index in [1.807, 2.05) is 0 Å². The van der Waals surface area contributed by atoms with E-state index in [0.29, 0.717) is 10.8 Å². The second-order valence-electron chi connectivity index (χ2n) is 5.30. The minimum Gasteiger partial charge on any atom is -0.477 e. The first-order chi connectivity index (χ1) is 8.69. The molecule has 4 nitrogen and oxygen atoms in total. The van der Waals surface area contributed by atoms with E-state index in [-0.39, 0.29) is 0 Å². The van der Waals surface area contributed by atoms with Crippen LogP contribution in [-0.4, -0.2) is 29.1 Å². The molecule has 3 rings (SSSR count). The predicted octanol–water partition coefficient (Wildman–Crippen LogP) is 2.96. The predicted molar refractivity (Wildman–Crippen MR) is 71.7 cm³/mol. The van der Waals surface area contributed by atoms with Crippen LogP contribution < -0.4 is 4.90 Å². The lowest BCUT2D eigenvalue weighted by Crippen LogP contribution is -2.19. The van der Waals surface area contributed by atoms with Crippen molar-refractivity contribution in [2.75, 3.05) is 18.0 Å². The molecular weight excluding hydrogens is 248 g/mol. The van der Waals surface area contributed by atoms with E-state index < -0.39 is 5.97 Å². The summed E-state index contributed by atoms with van der Waals surface area (Å²) >= 11 is 1.36. The molecule has 2 heterocycles. The number of thiazole rings is 1. The first-order valence-electron chi connectivity index (χ1n) is 6.68. The molecule has 1 atom stereocenters. The molecule has 1 saturated heterocycles. The quantitative estimate of drug-likeness (QED) is 0.910. The largest absolute Gasteiger partial charge is 0.477 e. The maximum atomic E-state index is 11.3. The topological polar surface area (TPSA) is 53.4 Å².